The molecule has 1 amide bonds. The Morgan fingerprint density at radius 3 is 2.86 bits per heavy atom. The first-order valence-corrected chi connectivity index (χ1v) is 10.9. The van der Waals surface area contributed by atoms with Crippen molar-refractivity contribution in [2.45, 2.75) is 44.7 Å². The van der Waals surface area contributed by atoms with Crippen LogP contribution in [0, 0.1) is 12.7 Å². The van der Waals surface area contributed by atoms with Crippen molar-refractivity contribution in [2.75, 3.05) is 17.2 Å². The molecule has 2 aromatic rings. The van der Waals surface area contributed by atoms with Gasteiger partial charge in [0.15, 0.2) is 11.0 Å². The van der Waals surface area contributed by atoms with Gasteiger partial charge >= 0.3 is 6.09 Å². The summed E-state index contributed by atoms with van der Waals surface area (Å²) in [5, 5.41) is 10.8. The molecule has 2 bridgehead atoms. The van der Waals surface area contributed by atoms with Crippen molar-refractivity contribution >= 4 is 50.5 Å². The van der Waals surface area contributed by atoms with Gasteiger partial charge in [-0.1, -0.05) is 18.7 Å². The topological polar surface area (TPSA) is 78.8 Å². The summed E-state index contributed by atoms with van der Waals surface area (Å²) in [6, 6.07) is 1.75. The van der Waals surface area contributed by atoms with Gasteiger partial charge in [0, 0.05) is 19.2 Å². The van der Waals surface area contributed by atoms with E-state index >= 15 is 0 Å². The van der Waals surface area contributed by atoms with Crippen molar-refractivity contribution in [3.05, 3.63) is 33.8 Å². The van der Waals surface area contributed by atoms with E-state index in [1.807, 2.05) is 30.9 Å². The van der Waals surface area contributed by atoms with Gasteiger partial charge in [-0.2, -0.15) is 0 Å². The molecule has 1 fully saturated rings. The number of thioether (sulfide) groups is 1. The lowest BCUT2D eigenvalue weighted by Crippen LogP contribution is -2.39. The van der Waals surface area contributed by atoms with E-state index in [1.165, 1.54) is 30.5 Å². The third-order valence-corrected chi connectivity index (χ3v) is 6.34. The van der Waals surface area contributed by atoms with Crippen LogP contribution in [0.2, 0.25) is 0 Å². The number of nitrogens with zero attached hydrogens (tertiary/aromatic N) is 4. The molecule has 0 spiro atoms. The molecule has 1 aromatic carbocycles. The second-order valence-electron chi connectivity index (χ2n) is 7.37. The number of benzene rings is 1. The number of halogens is 2. The molecule has 0 aliphatic carbocycles. The van der Waals surface area contributed by atoms with E-state index in [-0.39, 0.29) is 11.6 Å². The van der Waals surface area contributed by atoms with Crippen LogP contribution >= 0.6 is 27.7 Å². The summed E-state index contributed by atoms with van der Waals surface area (Å²) in [4.78, 5) is 24.8. The van der Waals surface area contributed by atoms with Crippen LogP contribution in [0.5, 0.6) is 0 Å². The second kappa shape index (κ2) is 7.10. The molecule has 1 N–H and O–H groups in total. The summed E-state index contributed by atoms with van der Waals surface area (Å²) in [5.41, 5.74) is 0.969. The number of hydrogen-bond acceptors (Lipinski definition) is 7. The summed E-state index contributed by atoms with van der Waals surface area (Å²) in [5.74, 6) is -0.0921. The van der Waals surface area contributed by atoms with E-state index in [1.54, 1.807) is 0 Å². The Kier molecular flexibility index (Phi) is 4.99. The van der Waals surface area contributed by atoms with Crippen molar-refractivity contribution < 1.29 is 19.0 Å². The summed E-state index contributed by atoms with van der Waals surface area (Å²) >= 11 is 4.71. The molecule has 0 saturated carbocycles. The summed E-state index contributed by atoms with van der Waals surface area (Å²) in [7, 11) is 0. The van der Waals surface area contributed by atoms with Crippen molar-refractivity contribution in [2.24, 2.45) is 0 Å². The van der Waals surface area contributed by atoms with Crippen LogP contribution < -0.4 is 4.90 Å². The van der Waals surface area contributed by atoms with Gasteiger partial charge in [-0.3, -0.25) is 4.90 Å². The number of aryl methyl sites for hydroxylation is 1. The molecule has 7 nitrogen and oxygen atoms in total. The molecule has 5 rings (SSSR count). The van der Waals surface area contributed by atoms with Crippen LogP contribution in [-0.4, -0.2) is 50.2 Å². The third-order valence-electron chi connectivity index (χ3n) is 4.64. The molecule has 1 saturated heterocycles. The van der Waals surface area contributed by atoms with E-state index in [9.17, 15) is 14.3 Å². The molecule has 10 heteroatoms. The minimum Gasteiger partial charge on any atom is -0.417 e. The monoisotopic (exact) mass is 482 g/mol. The highest BCUT2D eigenvalue weighted by Gasteiger charge is 2.48. The van der Waals surface area contributed by atoms with Crippen molar-refractivity contribution in [3.8, 4) is 0 Å². The van der Waals surface area contributed by atoms with Gasteiger partial charge in [-0.15, -0.1) is 0 Å². The highest BCUT2D eigenvalue weighted by molar-refractivity contribution is 9.10. The van der Waals surface area contributed by atoms with Crippen LogP contribution in [0.15, 0.2) is 27.6 Å². The Balaban J connectivity index is 1.77. The Morgan fingerprint density at radius 1 is 1.48 bits per heavy atom. The second-order valence-corrected chi connectivity index (χ2v) is 9.39. The molecule has 3 aliphatic rings. The first-order chi connectivity index (χ1) is 13.6. The Bertz CT molecular complexity index is 1060. The SMILES string of the molecule is CCSc1nc(N2C3=CC2CN3C(=O)OC(C)(C)O)c2cc(C)c(Br)c(F)c2n1. The molecule has 3 aliphatic heterocycles. The number of carbonyl (C=O) groups is 1. The number of rotatable bonds is 4. The first kappa shape index (κ1) is 20.4. The molecule has 1 unspecified atom stereocenters. The summed E-state index contributed by atoms with van der Waals surface area (Å²) in [6.07, 6.45) is 1.29. The van der Waals surface area contributed by atoms with Gasteiger partial charge in [-0.25, -0.2) is 19.2 Å². The normalized spacial score (nSPS) is 18.2. The molecule has 0 radical (unpaired) electrons. The molecule has 1 atom stereocenters. The van der Waals surface area contributed by atoms with Gasteiger partial charge in [0.05, 0.1) is 17.1 Å². The molecule has 1 aromatic heterocycles. The van der Waals surface area contributed by atoms with E-state index in [0.29, 0.717) is 33.2 Å². The zero-order chi connectivity index (χ0) is 21.1. The van der Waals surface area contributed by atoms with Crippen LogP contribution in [0.1, 0.15) is 26.3 Å². The molecular formula is C19H20BrFN4O3S. The number of amides is 1. The fraction of sp³-hybridized carbons (Fsp3) is 0.421. The van der Waals surface area contributed by atoms with Crippen molar-refractivity contribution in [1.82, 2.24) is 14.9 Å². The number of carbonyl (C=O) groups excluding carboxylic acids is 1. The van der Waals surface area contributed by atoms with E-state index in [0.717, 1.165) is 11.3 Å². The number of fused-ring (bicyclic) bond motifs is 2. The van der Waals surface area contributed by atoms with Gasteiger partial charge in [0.1, 0.15) is 17.2 Å². The number of aromatic nitrogens is 2. The maximum atomic E-state index is 15.0. The highest BCUT2D eigenvalue weighted by atomic mass is 79.9. The molecule has 154 valence electrons. The Hall–Kier alpha value is -1.91. The lowest BCUT2D eigenvalue weighted by atomic mass is 10.1. The third kappa shape index (κ3) is 3.47. The van der Waals surface area contributed by atoms with Crippen molar-refractivity contribution in [1.29, 1.82) is 0 Å². The highest BCUT2D eigenvalue weighted by Crippen LogP contribution is 2.43. The minimum absolute atomic E-state index is 0.0936. The standard InChI is InChI=1S/C19H20BrFN4O3S/c1-5-29-17-22-15-11(6-9(2)13(20)14(15)21)16(23-17)25-10-7-12(25)24(8-10)18(26)28-19(3,4)27/h6-7,10,27H,5,8H2,1-4H3. The smallest absolute Gasteiger partial charge is 0.417 e. The maximum Gasteiger partial charge on any atom is 0.418 e. The largest absolute Gasteiger partial charge is 0.418 e. The first-order valence-electron chi connectivity index (χ1n) is 9.13. The van der Waals surface area contributed by atoms with E-state index < -0.39 is 17.7 Å². The van der Waals surface area contributed by atoms with Crippen LogP contribution in [0.25, 0.3) is 10.9 Å². The maximum absolute atomic E-state index is 15.0. The Labute approximate surface area is 180 Å². The van der Waals surface area contributed by atoms with Gasteiger partial charge < -0.3 is 14.7 Å². The Morgan fingerprint density at radius 2 is 2.21 bits per heavy atom. The predicted octanol–water partition coefficient (Wildman–Crippen LogP) is 4.16. The molecule has 4 heterocycles. The molecule has 29 heavy (non-hydrogen) atoms. The zero-order valence-electron chi connectivity index (χ0n) is 16.4. The fourth-order valence-electron chi connectivity index (χ4n) is 3.42. The summed E-state index contributed by atoms with van der Waals surface area (Å²) in [6.45, 7) is 6.95. The average Bonchev–Trinajstić information content (AvgIpc) is 3.20. The van der Waals surface area contributed by atoms with Gasteiger partial charge in [0.2, 0.25) is 5.79 Å². The van der Waals surface area contributed by atoms with Crippen LogP contribution in [-0.2, 0) is 4.74 Å². The minimum atomic E-state index is -1.57. The molecular weight excluding hydrogens is 463 g/mol. The van der Waals surface area contributed by atoms with E-state index in [4.69, 9.17) is 4.74 Å². The zero-order valence-corrected chi connectivity index (χ0v) is 18.8. The lowest BCUT2D eigenvalue weighted by molar-refractivity contribution is -0.137. The van der Waals surface area contributed by atoms with Gasteiger partial charge in [-0.05, 0) is 46.3 Å². The van der Waals surface area contributed by atoms with E-state index in [2.05, 4.69) is 25.9 Å². The van der Waals surface area contributed by atoms with Crippen LogP contribution in [0.3, 0.4) is 0 Å². The summed E-state index contributed by atoms with van der Waals surface area (Å²) < 4.78 is 20.4. The average molecular weight is 483 g/mol. The lowest BCUT2D eigenvalue weighted by Gasteiger charge is -2.33. The van der Waals surface area contributed by atoms with Crippen molar-refractivity contribution in [3.63, 3.8) is 0 Å². The quantitative estimate of drug-likeness (QED) is 0.398. The number of anilines is 1. The van der Waals surface area contributed by atoms with Gasteiger partial charge in [0.25, 0.3) is 0 Å². The van der Waals surface area contributed by atoms with Crippen LogP contribution in [0.4, 0.5) is 15.0 Å². The predicted molar refractivity (Wildman–Crippen MR) is 112 cm³/mol. The number of ether oxygens (including phenoxy) is 1. The number of hydrogen-bond donors (Lipinski definition) is 1. The fourth-order valence-corrected chi connectivity index (χ4v) is 4.29. The number of aliphatic hydroxyl groups is 1.